The Morgan fingerprint density at radius 2 is 2.16 bits per heavy atom. The van der Waals surface area contributed by atoms with Gasteiger partial charge in [-0.3, -0.25) is 4.79 Å². The van der Waals surface area contributed by atoms with Crippen LogP contribution >= 0.6 is 11.3 Å². The zero-order valence-electron chi connectivity index (χ0n) is 9.93. The number of carboxylic acids is 1. The van der Waals surface area contributed by atoms with Gasteiger partial charge in [0.05, 0.1) is 12.1 Å². The highest BCUT2D eigenvalue weighted by molar-refractivity contribution is 7.13. The number of nitrogens with zero attached hydrogens (tertiary/aromatic N) is 2. The van der Waals surface area contributed by atoms with E-state index in [1.54, 1.807) is 17.3 Å². The molecule has 1 heterocycles. The van der Waals surface area contributed by atoms with Gasteiger partial charge >= 0.3 is 5.97 Å². The number of anilines is 2. The number of carbonyl (C=O) groups is 1. The number of benzene rings is 1. The minimum absolute atomic E-state index is 0.165. The van der Waals surface area contributed by atoms with Gasteiger partial charge in [-0.2, -0.15) is 0 Å². The molecule has 0 aliphatic heterocycles. The van der Waals surface area contributed by atoms with Crippen LogP contribution in [0.1, 0.15) is 5.69 Å². The highest BCUT2D eigenvalue weighted by atomic mass is 32.1. The summed E-state index contributed by atoms with van der Waals surface area (Å²) in [6, 6.07) is 3.53. The minimum Gasteiger partial charge on any atom is -0.481 e. The van der Waals surface area contributed by atoms with E-state index in [2.05, 4.69) is 4.98 Å². The largest absolute Gasteiger partial charge is 0.481 e. The first-order valence-corrected chi connectivity index (χ1v) is 6.20. The van der Waals surface area contributed by atoms with Crippen molar-refractivity contribution < 1.29 is 18.7 Å². The topological polar surface area (TPSA) is 53.4 Å². The van der Waals surface area contributed by atoms with Gasteiger partial charge in [-0.05, 0) is 12.1 Å². The third-order valence-electron chi connectivity index (χ3n) is 2.45. The van der Waals surface area contributed by atoms with Crippen LogP contribution in [0.5, 0.6) is 0 Å². The Kier molecular flexibility index (Phi) is 3.75. The van der Waals surface area contributed by atoms with E-state index in [9.17, 15) is 13.6 Å². The van der Waals surface area contributed by atoms with Crippen LogP contribution in [-0.4, -0.2) is 23.1 Å². The summed E-state index contributed by atoms with van der Waals surface area (Å²) in [6.45, 7) is 0. The number of rotatable bonds is 4. The molecule has 0 spiro atoms. The molecule has 0 saturated heterocycles. The first kappa shape index (κ1) is 13.4. The Morgan fingerprint density at radius 1 is 1.42 bits per heavy atom. The van der Waals surface area contributed by atoms with Crippen LogP contribution in [0.25, 0.3) is 0 Å². The molecule has 0 unspecified atom stereocenters. The van der Waals surface area contributed by atoms with E-state index in [0.29, 0.717) is 16.5 Å². The Morgan fingerprint density at radius 3 is 2.79 bits per heavy atom. The molecule has 1 N–H and O–H groups in total. The van der Waals surface area contributed by atoms with Crippen molar-refractivity contribution in [1.82, 2.24) is 4.98 Å². The molecule has 0 fully saturated rings. The first-order chi connectivity index (χ1) is 8.97. The number of aliphatic carboxylic acids is 1. The maximum absolute atomic E-state index is 13.1. The summed E-state index contributed by atoms with van der Waals surface area (Å²) in [5.41, 5.74) is 0.872. The van der Waals surface area contributed by atoms with E-state index in [1.807, 2.05) is 0 Å². The molecule has 0 radical (unpaired) electrons. The van der Waals surface area contributed by atoms with E-state index in [-0.39, 0.29) is 6.42 Å². The molecule has 0 aliphatic carbocycles. The van der Waals surface area contributed by atoms with E-state index in [0.717, 1.165) is 12.1 Å². The predicted molar refractivity (Wildman–Crippen MR) is 67.9 cm³/mol. The van der Waals surface area contributed by atoms with E-state index < -0.39 is 17.6 Å². The predicted octanol–water partition coefficient (Wildman–Crippen LogP) is 2.82. The Bertz CT molecular complexity index is 616. The summed E-state index contributed by atoms with van der Waals surface area (Å²) >= 11 is 1.24. The van der Waals surface area contributed by atoms with Gasteiger partial charge in [0.2, 0.25) is 0 Å². The van der Waals surface area contributed by atoms with Crippen LogP contribution in [-0.2, 0) is 11.2 Å². The highest BCUT2D eigenvalue weighted by Gasteiger charge is 2.12. The lowest BCUT2D eigenvalue weighted by Gasteiger charge is -2.15. The van der Waals surface area contributed by atoms with Gasteiger partial charge in [0.15, 0.2) is 16.8 Å². The zero-order valence-corrected chi connectivity index (χ0v) is 10.7. The molecule has 1 aromatic heterocycles. The highest BCUT2D eigenvalue weighted by Crippen LogP contribution is 2.28. The van der Waals surface area contributed by atoms with Crippen LogP contribution in [0.4, 0.5) is 19.6 Å². The van der Waals surface area contributed by atoms with Crippen molar-refractivity contribution in [2.24, 2.45) is 0 Å². The molecule has 2 rings (SSSR count). The molecule has 7 heteroatoms. The molecular weight excluding hydrogens is 274 g/mol. The summed E-state index contributed by atoms with van der Waals surface area (Å²) < 4.78 is 26.0. The third-order valence-corrected chi connectivity index (χ3v) is 3.42. The molecule has 0 bridgehead atoms. The van der Waals surface area contributed by atoms with Crippen LogP contribution in [0.3, 0.4) is 0 Å². The molecule has 1 aromatic carbocycles. The second kappa shape index (κ2) is 5.31. The van der Waals surface area contributed by atoms with Crippen LogP contribution in [0.15, 0.2) is 23.6 Å². The Hall–Kier alpha value is -2.02. The van der Waals surface area contributed by atoms with Crippen LogP contribution < -0.4 is 4.90 Å². The van der Waals surface area contributed by atoms with Gasteiger partial charge < -0.3 is 10.0 Å². The Balaban J connectivity index is 2.23. The normalized spacial score (nSPS) is 10.5. The van der Waals surface area contributed by atoms with Crippen LogP contribution in [0, 0.1) is 11.6 Å². The van der Waals surface area contributed by atoms with E-state index in [1.165, 1.54) is 17.4 Å². The summed E-state index contributed by atoms with van der Waals surface area (Å²) in [4.78, 5) is 16.3. The molecule has 19 heavy (non-hydrogen) atoms. The molecule has 0 aliphatic rings. The summed E-state index contributed by atoms with van der Waals surface area (Å²) in [5.74, 6) is -2.82. The van der Waals surface area contributed by atoms with Gasteiger partial charge in [-0.1, -0.05) is 0 Å². The average Bonchev–Trinajstić information content (AvgIpc) is 2.79. The lowest BCUT2D eigenvalue weighted by Crippen LogP contribution is -2.10. The van der Waals surface area contributed by atoms with Gasteiger partial charge in [0.25, 0.3) is 0 Å². The maximum Gasteiger partial charge on any atom is 0.309 e. The monoisotopic (exact) mass is 284 g/mol. The van der Waals surface area contributed by atoms with E-state index in [4.69, 9.17) is 5.11 Å². The fourth-order valence-corrected chi connectivity index (χ4v) is 2.30. The first-order valence-electron chi connectivity index (χ1n) is 5.32. The summed E-state index contributed by atoms with van der Waals surface area (Å²) in [6.07, 6.45) is -0.165. The van der Waals surface area contributed by atoms with Gasteiger partial charge in [0.1, 0.15) is 0 Å². The van der Waals surface area contributed by atoms with Crippen LogP contribution in [0.2, 0.25) is 0 Å². The van der Waals surface area contributed by atoms with E-state index >= 15 is 0 Å². The number of thiazole rings is 1. The van der Waals surface area contributed by atoms with Crippen molar-refractivity contribution in [3.8, 4) is 0 Å². The molecule has 4 nitrogen and oxygen atoms in total. The van der Waals surface area contributed by atoms with Crippen molar-refractivity contribution in [1.29, 1.82) is 0 Å². The van der Waals surface area contributed by atoms with Crippen molar-refractivity contribution in [3.05, 3.63) is 40.9 Å². The smallest absolute Gasteiger partial charge is 0.309 e. The van der Waals surface area contributed by atoms with Crippen molar-refractivity contribution >= 4 is 28.1 Å². The molecule has 0 saturated carbocycles. The maximum atomic E-state index is 13.1. The quantitative estimate of drug-likeness (QED) is 0.938. The second-order valence-electron chi connectivity index (χ2n) is 3.85. The van der Waals surface area contributed by atoms with Gasteiger partial charge in [-0.15, -0.1) is 11.3 Å². The summed E-state index contributed by atoms with van der Waals surface area (Å²) in [5, 5.41) is 10.8. The van der Waals surface area contributed by atoms with Gasteiger partial charge in [-0.25, -0.2) is 13.8 Å². The lowest BCUT2D eigenvalue weighted by molar-refractivity contribution is -0.136. The number of carboxylic acid groups (broad SMARTS) is 1. The molecule has 100 valence electrons. The van der Waals surface area contributed by atoms with Crippen molar-refractivity contribution in [2.75, 3.05) is 11.9 Å². The summed E-state index contributed by atoms with van der Waals surface area (Å²) in [7, 11) is 1.65. The lowest BCUT2D eigenvalue weighted by atomic mass is 10.3. The number of halogens is 2. The Labute approximate surface area is 111 Å². The number of aromatic nitrogens is 1. The SMILES string of the molecule is CN(c1ccc(F)c(F)c1)c1nc(CC(=O)O)cs1. The van der Waals surface area contributed by atoms with Gasteiger partial charge in [0, 0.05) is 24.2 Å². The second-order valence-corrected chi connectivity index (χ2v) is 4.69. The molecular formula is C12H10F2N2O2S. The molecule has 0 atom stereocenters. The minimum atomic E-state index is -0.965. The molecule has 2 aromatic rings. The zero-order chi connectivity index (χ0) is 14.0. The van der Waals surface area contributed by atoms with Crippen molar-refractivity contribution in [2.45, 2.75) is 6.42 Å². The fourth-order valence-electron chi connectivity index (χ4n) is 1.49. The third kappa shape index (κ3) is 3.05. The van der Waals surface area contributed by atoms with Crippen molar-refractivity contribution in [3.63, 3.8) is 0 Å². The standard InChI is InChI=1S/C12H10F2N2O2S/c1-16(8-2-3-9(13)10(14)5-8)12-15-7(6-19-12)4-11(17)18/h2-3,5-6H,4H2,1H3,(H,17,18). The average molecular weight is 284 g/mol. The molecule has 0 amide bonds. The number of hydrogen-bond donors (Lipinski definition) is 1. The fraction of sp³-hybridized carbons (Fsp3) is 0.167. The number of hydrogen-bond acceptors (Lipinski definition) is 4.